The van der Waals surface area contributed by atoms with E-state index in [-0.39, 0.29) is 19.2 Å². The molecule has 0 aromatic carbocycles. The number of carbonyl (C=O) groups is 1. The van der Waals surface area contributed by atoms with Gasteiger partial charge in [-0.05, 0) is 6.42 Å². The van der Waals surface area contributed by atoms with Crippen LogP contribution in [0.3, 0.4) is 0 Å². The highest BCUT2D eigenvalue weighted by Crippen LogP contribution is 2.50. The zero-order valence-corrected chi connectivity index (χ0v) is 21.6. The molecule has 0 aromatic rings. The molecular formula is C22H44BrO6P. The number of unbranched alkanes of at least 4 members (excludes halogenated alkanes) is 14. The van der Waals surface area contributed by atoms with Gasteiger partial charge in [0, 0.05) is 29.0 Å². The molecule has 180 valence electrons. The van der Waals surface area contributed by atoms with Crippen LogP contribution in [-0.2, 0) is 23.4 Å². The summed E-state index contributed by atoms with van der Waals surface area (Å²) in [7, 11) is 1.44. The fraction of sp³-hybridized carbons (Fsp3) is 0.955. The Morgan fingerprint density at radius 1 is 0.833 bits per heavy atom. The molecule has 2 unspecified atom stereocenters. The van der Waals surface area contributed by atoms with E-state index in [0.717, 1.165) is 19.3 Å². The predicted octanol–water partition coefficient (Wildman–Crippen LogP) is 7.32. The minimum Gasteiger partial charge on any atom is -0.463 e. The molecule has 0 spiro atoms. The van der Waals surface area contributed by atoms with E-state index >= 15 is 0 Å². The Morgan fingerprint density at radius 3 is 1.67 bits per heavy atom. The number of esters is 1. The van der Waals surface area contributed by atoms with Crippen molar-refractivity contribution in [1.29, 1.82) is 0 Å². The van der Waals surface area contributed by atoms with Gasteiger partial charge in [0.1, 0.15) is 12.7 Å². The third kappa shape index (κ3) is 22.7. The summed E-state index contributed by atoms with van der Waals surface area (Å²) in [5.74, 6) is -0.266. The highest BCUT2D eigenvalue weighted by atomic mass is 79.9. The lowest BCUT2D eigenvalue weighted by Crippen LogP contribution is -2.25. The fourth-order valence-corrected chi connectivity index (χ4v) is 3.96. The van der Waals surface area contributed by atoms with Gasteiger partial charge in [-0.15, -0.1) is 0 Å². The lowest BCUT2D eigenvalue weighted by molar-refractivity contribution is -0.148. The number of rotatable bonds is 22. The van der Waals surface area contributed by atoms with Gasteiger partial charge in [0.2, 0.25) is 0 Å². The van der Waals surface area contributed by atoms with Gasteiger partial charge in [-0.1, -0.05) is 96.8 Å². The Labute approximate surface area is 192 Å². The Kier molecular flexibility index (Phi) is 21.0. The van der Waals surface area contributed by atoms with Crippen molar-refractivity contribution in [2.45, 2.75) is 116 Å². The second kappa shape index (κ2) is 20.9. The van der Waals surface area contributed by atoms with Crippen LogP contribution in [-0.4, -0.2) is 37.3 Å². The summed E-state index contributed by atoms with van der Waals surface area (Å²) in [6.07, 6.45) is 15.4. The van der Waals surface area contributed by atoms with Gasteiger partial charge in [0.25, 0.3) is 0 Å². The molecule has 0 aliphatic carbocycles. The first kappa shape index (κ1) is 30.1. The van der Waals surface area contributed by atoms with Crippen molar-refractivity contribution in [3.63, 3.8) is 0 Å². The summed E-state index contributed by atoms with van der Waals surface area (Å²) in [5, 5.41) is 0. The SMILES string of the molecule is CCCCCCCCCCCCCCCCCC(=O)OCC(COP(=O)(O)Br)OC. The number of methoxy groups -OCH3 is 1. The maximum Gasteiger partial charge on any atom is 0.393 e. The third-order valence-electron chi connectivity index (χ3n) is 5.17. The molecule has 6 nitrogen and oxygen atoms in total. The average Bonchev–Trinajstić information content (AvgIpc) is 2.70. The predicted molar refractivity (Wildman–Crippen MR) is 126 cm³/mol. The average molecular weight is 515 g/mol. The first-order chi connectivity index (χ1) is 14.4. The molecule has 2 atom stereocenters. The number of halogens is 1. The van der Waals surface area contributed by atoms with Crippen molar-refractivity contribution < 1.29 is 28.3 Å². The second-order valence-electron chi connectivity index (χ2n) is 7.99. The van der Waals surface area contributed by atoms with Crippen molar-refractivity contribution in [1.82, 2.24) is 0 Å². The minimum absolute atomic E-state index is 0.0150. The Hall–Kier alpha value is 0.0600. The Balaban J connectivity index is 3.39. The molecule has 0 aliphatic heterocycles. The summed E-state index contributed by atoms with van der Waals surface area (Å²) in [4.78, 5) is 20.8. The van der Waals surface area contributed by atoms with E-state index in [0.29, 0.717) is 6.42 Å². The van der Waals surface area contributed by atoms with Gasteiger partial charge in [0.15, 0.2) is 0 Å². The number of ether oxygens (including phenoxy) is 2. The van der Waals surface area contributed by atoms with Crippen LogP contribution < -0.4 is 0 Å². The molecule has 0 amide bonds. The first-order valence-corrected chi connectivity index (χ1v) is 15.3. The second-order valence-corrected chi connectivity index (χ2v) is 11.8. The highest BCUT2D eigenvalue weighted by molar-refractivity contribution is 9.39. The van der Waals surface area contributed by atoms with E-state index in [2.05, 4.69) is 22.4 Å². The van der Waals surface area contributed by atoms with Gasteiger partial charge in [-0.25, -0.2) is 4.57 Å². The van der Waals surface area contributed by atoms with E-state index in [1.54, 1.807) is 0 Å². The van der Waals surface area contributed by atoms with Crippen LogP contribution in [0, 0.1) is 0 Å². The minimum atomic E-state index is -3.73. The maximum atomic E-state index is 11.8. The normalized spacial score (nSPS) is 14.4. The summed E-state index contributed by atoms with van der Waals surface area (Å²) in [6, 6.07) is 0. The summed E-state index contributed by atoms with van der Waals surface area (Å²) in [6.45, 7) is 2.15. The largest absolute Gasteiger partial charge is 0.463 e. The molecule has 30 heavy (non-hydrogen) atoms. The van der Waals surface area contributed by atoms with E-state index < -0.39 is 12.4 Å². The van der Waals surface area contributed by atoms with Crippen LogP contribution in [0.4, 0.5) is 0 Å². The first-order valence-electron chi connectivity index (χ1n) is 11.7. The van der Waals surface area contributed by atoms with Crippen molar-refractivity contribution in [3.05, 3.63) is 0 Å². The summed E-state index contributed by atoms with van der Waals surface area (Å²) in [5.41, 5.74) is 0. The fourth-order valence-electron chi connectivity index (χ4n) is 3.26. The van der Waals surface area contributed by atoms with Crippen molar-refractivity contribution >= 4 is 27.8 Å². The van der Waals surface area contributed by atoms with Crippen LogP contribution in [0.1, 0.15) is 110 Å². The topological polar surface area (TPSA) is 82.1 Å². The monoisotopic (exact) mass is 514 g/mol. The zero-order valence-electron chi connectivity index (χ0n) is 19.1. The molecule has 0 bridgehead atoms. The van der Waals surface area contributed by atoms with Crippen LogP contribution in [0.25, 0.3) is 0 Å². The van der Waals surface area contributed by atoms with Crippen molar-refractivity contribution in [2.75, 3.05) is 20.3 Å². The quantitative estimate of drug-likeness (QED) is 0.0924. The molecule has 0 rings (SSSR count). The van der Waals surface area contributed by atoms with Gasteiger partial charge in [-0.3, -0.25) is 9.32 Å². The zero-order chi connectivity index (χ0) is 22.5. The van der Waals surface area contributed by atoms with Gasteiger partial charge in [-0.2, -0.15) is 0 Å². The van der Waals surface area contributed by atoms with Crippen LogP contribution in [0.5, 0.6) is 0 Å². The smallest absolute Gasteiger partial charge is 0.393 e. The molecule has 0 heterocycles. The molecule has 0 fully saturated rings. The number of hydrogen-bond donors (Lipinski definition) is 1. The van der Waals surface area contributed by atoms with E-state index in [1.165, 1.54) is 84.2 Å². The van der Waals surface area contributed by atoms with Crippen LogP contribution >= 0.6 is 21.8 Å². The lowest BCUT2D eigenvalue weighted by Gasteiger charge is -2.16. The Morgan fingerprint density at radius 2 is 1.27 bits per heavy atom. The van der Waals surface area contributed by atoms with Crippen molar-refractivity contribution in [2.24, 2.45) is 0 Å². The summed E-state index contributed by atoms with van der Waals surface area (Å²) >= 11 is 2.53. The molecular weight excluding hydrogens is 471 g/mol. The van der Waals surface area contributed by atoms with Gasteiger partial charge in [0.05, 0.1) is 6.61 Å². The molecule has 1 N–H and O–H groups in total. The molecule has 0 saturated heterocycles. The highest BCUT2D eigenvalue weighted by Gasteiger charge is 2.18. The third-order valence-corrected chi connectivity index (χ3v) is 6.25. The maximum absolute atomic E-state index is 11.8. The van der Waals surface area contributed by atoms with E-state index in [1.807, 2.05) is 0 Å². The van der Waals surface area contributed by atoms with Crippen LogP contribution in [0.15, 0.2) is 0 Å². The van der Waals surface area contributed by atoms with E-state index in [4.69, 9.17) is 18.9 Å². The van der Waals surface area contributed by atoms with Gasteiger partial charge < -0.3 is 14.4 Å². The molecule has 8 heteroatoms. The lowest BCUT2D eigenvalue weighted by atomic mass is 10.0. The molecule has 0 saturated carbocycles. The summed E-state index contributed by atoms with van der Waals surface area (Å²) < 4.78 is 26.0. The Bertz CT molecular complexity index is 443. The molecule has 0 radical (unpaired) electrons. The van der Waals surface area contributed by atoms with Crippen molar-refractivity contribution in [3.8, 4) is 0 Å². The van der Waals surface area contributed by atoms with Gasteiger partial charge >= 0.3 is 12.3 Å². The van der Waals surface area contributed by atoms with Crippen LogP contribution in [0.2, 0.25) is 0 Å². The molecule has 0 aliphatic rings. The van der Waals surface area contributed by atoms with E-state index in [9.17, 15) is 9.36 Å². The number of carbonyl (C=O) groups excluding carboxylic acids is 1. The number of hydrogen-bond acceptors (Lipinski definition) is 5. The molecule has 0 aromatic heterocycles. The standard InChI is InChI=1S/C22H44BrO6P/c1-3-4-5-6-7-8-9-10-11-12-13-14-15-16-17-18-22(24)28-19-21(27-2)20-29-30(23,25)26/h21H,3-20H2,1-2H3,(H,25,26).